The molecule has 1 fully saturated rings. The predicted molar refractivity (Wildman–Crippen MR) is 77.5 cm³/mol. The van der Waals surface area contributed by atoms with Gasteiger partial charge in [0.25, 0.3) is 0 Å². The molecule has 1 unspecified atom stereocenters. The Morgan fingerprint density at radius 1 is 1.21 bits per heavy atom. The third-order valence-corrected chi connectivity index (χ3v) is 3.81. The van der Waals surface area contributed by atoms with Crippen LogP contribution >= 0.6 is 0 Å². The van der Waals surface area contributed by atoms with Crippen molar-refractivity contribution in [3.63, 3.8) is 0 Å². The zero-order chi connectivity index (χ0) is 13.3. The highest BCUT2D eigenvalue weighted by atomic mass is 16.5. The van der Waals surface area contributed by atoms with Gasteiger partial charge in [0, 0.05) is 19.2 Å². The Hall–Kier alpha value is -1.06. The second-order valence-corrected chi connectivity index (χ2v) is 5.21. The van der Waals surface area contributed by atoms with Gasteiger partial charge in [-0.2, -0.15) is 0 Å². The van der Waals surface area contributed by atoms with E-state index in [1.807, 2.05) is 30.3 Å². The summed E-state index contributed by atoms with van der Waals surface area (Å²) in [6.07, 6.45) is 5.81. The molecule has 2 rings (SSSR count). The first kappa shape index (κ1) is 14.4. The van der Waals surface area contributed by atoms with Gasteiger partial charge in [0.1, 0.15) is 5.75 Å². The van der Waals surface area contributed by atoms with E-state index in [0.717, 1.165) is 31.7 Å². The van der Waals surface area contributed by atoms with Crippen LogP contribution in [0.5, 0.6) is 5.75 Å². The van der Waals surface area contributed by atoms with Crippen molar-refractivity contribution in [1.82, 2.24) is 4.90 Å². The van der Waals surface area contributed by atoms with Gasteiger partial charge in [-0.15, -0.1) is 0 Å². The first-order valence-electron chi connectivity index (χ1n) is 7.43. The fourth-order valence-corrected chi connectivity index (χ4v) is 2.80. The molecule has 1 N–H and O–H groups in total. The average molecular weight is 263 g/mol. The SMILES string of the molecule is OCCC1CCCCN1CCCOc1ccccc1. The summed E-state index contributed by atoms with van der Waals surface area (Å²) in [6, 6.07) is 10.6. The Bertz CT molecular complexity index is 340. The lowest BCUT2D eigenvalue weighted by Gasteiger charge is -2.35. The van der Waals surface area contributed by atoms with Gasteiger partial charge in [-0.1, -0.05) is 24.6 Å². The smallest absolute Gasteiger partial charge is 0.119 e. The first-order chi connectivity index (χ1) is 9.40. The van der Waals surface area contributed by atoms with E-state index >= 15 is 0 Å². The zero-order valence-corrected chi connectivity index (χ0v) is 11.6. The number of hydrogen-bond donors (Lipinski definition) is 1. The summed E-state index contributed by atoms with van der Waals surface area (Å²) in [7, 11) is 0. The van der Waals surface area contributed by atoms with Crippen molar-refractivity contribution >= 4 is 0 Å². The molecule has 1 aromatic carbocycles. The van der Waals surface area contributed by atoms with Crippen LogP contribution in [-0.4, -0.2) is 42.4 Å². The minimum Gasteiger partial charge on any atom is -0.494 e. The third kappa shape index (κ3) is 4.84. The van der Waals surface area contributed by atoms with Crippen LogP contribution in [0.25, 0.3) is 0 Å². The number of para-hydroxylation sites is 1. The van der Waals surface area contributed by atoms with Gasteiger partial charge < -0.3 is 14.7 Å². The Morgan fingerprint density at radius 3 is 2.84 bits per heavy atom. The Balaban J connectivity index is 1.66. The van der Waals surface area contributed by atoms with E-state index in [1.165, 1.54) is 25.8 Å². The molecule has 0 radical (unpaired) electrons. The molecular weight excluding hydrogens is 238 g/mol. The molecule has 0 saturated carbocycles. The maximum absolute atomic E-state index is 9.11. The maximum atomic E-state index is 9.11. The number of benzene rings is 1. The molecule has 1 aliphatic heterocycles. The lowest BCUT2D eigenvalue weighted by atomic mass is 9.99. The average Bonchev–Trinajstić information content (AvgIpc) is 2.47. The molecule has 1 atom stereocenters. The van der Waals surface area contributed by atoms with Crippen molar-refractivity contribution in [2.45, 2.75) is 38.1 Å². The van der Waals surface area contributed by atoms with Crippen LogP contribution in [0.2, 0.25) is 0 Å². The van der Waals surface area contributed by atoms with E-state index in [1.54, 1.807) is 0 Å². The van der Waals surface area contributed by atoms with Crippen LogP contribution in [0.4, 0.5) is 0 Å². The fraction of sp³-hybridized carbons (Fsp3) is 0.625. The summed E-state index contributed by atoms with van der Waals surface area (Å²) in [4.78, 5) is 2.52. The summed E-state index contributed by atoms with van der Waals surface area (Å²) in [6.45, 7) is 3.33. The van der Waals surface area contributed by atoms with Crippen molar-refractivity contribution in [3.8, 4) is 5.75 Å². The number of ether oxygens (including phenoxy) is 1. The summed E-state index contributed by atoms with van der Waals surface area (Å²) in [5.74, 6) is 0.952. The second-order valence-electron chi connectivity index (χ2n) is 5.21. The summed E-state index contributed by atoms with van der Waals surface area (Å²) in [5.41, 5.74) is 0. The van der Waals surface area contributed by atoms with Crippen molar-refractivity contribution < 1.29 is 9.84 Å². The van der Waals surface area contributed by atoms with Crippen LogP contribution in [0.3, 0.4) is 0 Å². The van der Waals surface area contributed by atoms with Gasteiger partial charge in [-0.05, 0) is 44.4 Å². The molecule has 0 bridgehead atoms. The van der Waals surface area contributed by atoms with Crippen molar-refractivity contribution in [3.05, 3.63) is 30.3 Å². The number of aliphatic hydroxyl groups is 1. The zero-order valence-electron chi connectivity index (χ0n) is 11.6. The number of piperidine rings is 1. The van der Waals surface area contributed by atoms with Crippen molar-refractivity contribution in [2.24, 2.45) is 0 Å². The molecule has 0 aromatic heterocycles. The molecule has 1 aliphatic rings. The van der Waals surface area contributed by atoms with E-state index < -0.39 is 0 Å². The summed E-state index contributed by atoms with van der Waals surface area (Å²) < 4.78 is 5.72. The highest BCUT2D eigenvalue weighted by molar-refractivity contribution is 5.20. The summed E-state index contributed by atoms with van der Waals surface area (Å²) >= 11 is 0. The van der Waals surface area contributed by atoms with Gasteiger partial charge in [0.15, 0.2) is 0 Å². The Labute approximate surface area is 116 Å². The highest BCUT2D eigenvalue weighted by Gasteiger charge is 2.20. The number of hydrogen-bond acceptors (Lipinski definition) is 3. The molecule has 1 aromatic rings. The van der Waals surface area contributed by atoms with Gasteiger partial charge in [-0.3, -0.25) is 0 Å². The van der Waals surface area contributed by atoms with Crippen LogP contribution in [0, 0.1) is 0 Å². The normalized spacial score (nSPS) is 20.4. The second kappa shape index (κ2) is 8.18. The van der Waals surface area contributed by atoms with Crippen LogP contribution in [0.1, 0.15) is 32.1 Å². The van der Waals surface area contributed by atoms with E-state index in [2.05, 4.69) is 4.90 Å². The van der Waals surface area contributed by atoms with Crippen molar-refractivity contribution in [1.29, 1.82) is 0 Å². The first-order valence-corrected chi connectivity index (χ1v) is 7.43. The number of nitrogens with zero attached hydrogens (tertiary/aromatic N) is 1. The molecule has 0 spiro atoms. The topological polar surface area (TPSA) is 32.7 Å². The van der Waals surface area contributed by atoms with Crippen molar-refractivity contribution in [2.75, 3.05) is 26.3 Å². The quantitative estimate of drug-likeness (QED) is 0.768. The molecule has 106 valence electrons. The van der Waals surface area contributed by atoms with Crippen LogP contribution in [0.15, 0.2) is 30.3 Å². The van der Waals surface area contributed by atoms with E-state index in [0.29, 0.717) is 12.6 Å². The third-order valence-electron chi connectivity index (χ3n) is 3.81. The Kier molecular flexibility index (Phi) is 6.18. The van der Waals surface area contributed by atoms with E-state index in [4.69, 9.17) is 9.84 Å². The minimum absolute atomic E-state index is 0.307. The Morgan fingerprint density at radius 2 is 2.05 bits per heavy atom. The predicted octanol–water partition coefficient (Wildman–Crippen LogP) is 2.69. The molecule has 3 nitrogen and oxygen atoms in total. The van der Waals surface area contributed by atoms with Gasteiger partial charge in [0.2, 0.25) is 0 Å². The van der Waals surface area contributed by atoms with E-state index in [-0.39, 0.29) is 0 Å². The molecule has 3 heteroatoms. The number of likely N-dealkylation sites (tertiary alicyclic amines) is 1. The standard InChI is InChI=1S/C16H25NO2/c18-13-10-15-7-4-5-11-17(15)12-6-14-19-16-8-2-1-3-9-16/h1-3,8-9,15,18H,4-7,10-14H2. The number of aliphatic hydroxyl groups excluding tert-OH is 1. The lowest BCUT2D eigenvalue weighted by molar-refractivity contribution is 0.112. The minimum atomic E-state index is 0.307. The lowest BCUT2D eigenvalue weighted by Crippen LogP contribution is -2.40. The van der Waals surface area contributed by atoms with Gasteiger partial charge >= 0.3 is 0 Å². The van der Waals surface area contributed by atoms with Crippen LogP contribution < -0.4 is 4.74 Å². The van der Waals surface area contributed by atoms with Gasteiger partial charge in [0.05, 0.1) is 6.61 Å². The molecule has 1 saturated heterocycles. The number of rotatable bonds is 7. The molecule has 1 heterocycles. The molecule has 0 amide bonds. The molecular formula is C16H25NO2. The maximum Gasteiger partial charge on any atom is 0.119 e. The van der Waals surface area contributed by atoms with Crippen LogP contribution in [-0.2, 0) is 0 Å². The van der Waals surface area contributed by atoms with E-state index in [9.17, 15) is 0 Å². The van der Waals surface area contributed by atoms with Gasteiger partial charge in [-0.25, -0.2) is 0 Å². The molecule has 0 aliphatic carbocycles. The monoisotopic (exact) mass is 263 g/mol. The summed E-state index contributed by atoms with van der Waals surface area (Å²) in [5, 5.41) is 9.11. The highest BCUT2D eigenvalue weighted by Crippen LogP contribution is 2.19. The molecule has 19 heavy (non-hydrogen) atoms. The largest absolute Gasteiger partial charge is 0.494 e. The fourth-order valence-electron chi connectivity index (χ4n) is 2.80.